The van der Waals surface area contributed by atoms with Crippen molar-refractivity contribution in [3.05, 3.63) is 28.6 Å². The molecule has 0 aliphatic heterocycles. The number of ether oxygens (including phenoxy) is 1. The summed E-state index contributed by atoms with van der Waals surface area (Å²) in [5, 5.41) is 13.6. The van der Waals surface area contributed by atoms with Gasteiger partial charge in [-0.05, 0) is 24.6 Å². The maximum absolute atomic E-state index is 11.6. The number of aromatic amines is 1. The molecule has 0 bridgehead atoms. The molecule has 0 amide bonds. The van der Waals surface area contributed by atoms with E-state index in [1.165, 1.54) is 7.11 Å². The van der Waals surface area contributed by atoms with E-state index in [0.29, 0.717) is 10.9 Å². The van der Waals surface area contributed by atoms with Crippen LogP contribution < -0.4 is 15.6 Å². The maximum atomic E-state index is 11.6. The number of H-pyrrole nitrogens is 1. The molecule has 5 nitrogen and oxygen atoms in total. The lowest BCUT2D eigenvalue weighted by Gasteiger charge is -2.10. The van der Waals surface area contributed by atoms with E-state index in [4.69, 9.17) is 4.74 Å². The Kier molecular flexibility index (Phi) is 3.94. The summed E-state index contributed by atoms with van der Waals surface area (Å²) in [6.07, 6.45) is 2.21. The maximum Gasteiger partial charge on any atom is 0.294 e. The Morgan fingerprint density at radius 1 is 1.42 bits per heavy atom. The first kappa shape index (κ1) is 13.3. The van der Waals surface area contributed by atoms with Gasteiger partial charge < -0.3 is 20.1 Å². The van der Waals surface area contributed by atoms with Gasteiger partial charge in [-0.15, -0.1) is 0 Å². The van der Waals surface area contributed by atoms with Crippen LogP contribution in [0.3, 0.4) is 0 Å². The molecule has 0 saturated carbocycles. The normalized spacial score (nSPS) is 10.6. The van der Waals surface area contributed by atoms with E-state index in [1.807, 2.05) is 18.2 Å². The minimum absolute atomic E-state index is 0.207. The monoisotopic (exact) mass is 262 g/mol. The number of benzene rings is 1. The number of nitrogens with one attached hydrogen (secondary N) is 2. The van der Waals surface area contributed by atoms with Crippen LogP contribution in [0.4, 0.5) is 5.69 Å². The molecule has 0 aliphatic carbocycles. The van der Waals surface area contributed by atoms with Gasteiger partial charge in [-0.25, -0.2) is 0 Å². The molecule has 0 unspecified atom stereocenters. The standard InChI is InChI=1S/C14H18N2O3/c1-3-4-7-15-9-5-6-10-11(8-9)16-14(18)12(17)13(10)19-2/h5-6,8,15,17H,3-4,7H2,1-2H3,(H,16,18). The molecule has 0 saturated heterocycles. The third-order valence-electron chi connectivity index (χ3n) is 3.01. The molecule has 5 heteroatoms. The van der Waals surface area contributed by atoms with Crippen molar-refractivity contribution in [2.45, 2.75) is 19.8 Å². The molecule has 102 valence electrons. The molecule has 0 atom stereocenters. The summed E-state index contributed by atoms with van der Waals surface area (Å²) in [6.45, 7) is 3.02. The van der Waals surface area contributed by atoms with E-state index >= 15 is 0 Å². The molecule has 1 heterocycles. The summed E-state index contributed by atoms with van der Waals surface area (Å²) in [6, 6.07) is 5.56. The lowest BCUT2D eigenvalue weighted by Crippen LogP contribution is -2.07. The number of fused-ring (bicyclic) bond motifs is 1. The van der Waals surface area contributed by atoms with Gasteiger partial charge in [-0.3, -0.25) is 4.79 Å². The Morgan fingerprint density at radius 2 is 2.21 bits per heavy atom. The number of aromatic nitrogens is 1. The lowest BCUT2D eigenvalue weighted by molar-refractivity contribution is 0.374. The van der Waals surface area contributed by atoms with Crippen molar-refractivity contribution in [3.63, 3.8) is 0 Å². The smallest absolute Gasteiger partial charge is 0.294 e. The van der Waals surface area contributed by atoms with Crippen LogP contribution in [0.15, 0.2) is 23.0 Å². The van der Waals surface area contributed by atoms with Gasteiger partial charge in [0.25, 0.3) is 5.56 Å². The van der Waals surface area contributed by atoms with Crippen LogP contribution in [-0.2, 0) is 0 Å². The van der Waals surface area contributed by atoms with Crippen molar-refractivity contribution in [1.29, 1.82) is 0 Å². The molecule has 1 aromatic heterocycles. The molecule has 0 aliphatic rings. The van der Waals surface area contributed by atoms with E-state index in [2.05, 4.69) is 17.2 Å². The zero-order valence-corrected chi connectivity index (χ0v) is 11.1. The zero-order valence-electron chi connectivity index (χ0n) is 11.1. The predicted octanol–water partition coefficient (Wildman–Crippen LogP) is 2.45. The molecular weight excluding hydrogens is 244 g/mol. The van der Waals surface area contributed by atoms with E-state index < -0.39 is 5.56 Å². The number of pyridine rings is 1. The van der Waals surface area contributed by atoms with E-state index in [-0.39, 0.29) is 11.5 Å². The highest BCUT2D eigenvalue weighted by Crippen LogP contribution is 2.31. The molecule has 2 rings (SSSR count). The fraction of sp³-hybridized carbons (Fsp3) is 0.357. The van der Waals surface area contributed by atoms with Gasteiger partial charge in [0.05, 0.1) is 12.6 Å². The van der Waals surface area contributed by atoms with Gasteiger partial charge in [-0.2, -0.15) is 0 Å². The van der Waals surface area contributed by atoms with Crippen LogP contribution in [0.1, 0.15) is 19.8 Å². The second-order valence-electron chi connectivity index (χ2n) is 4.38. The summed E-state index contributed by atoms with van der Waals surface area (Å²) in [5.41, 5.74) is 1.03. The molecule has 2 aromatic rings. The zero-order chi connectivity index (χ0) is 13.8. The molecular formula is C14H18N2O3. The summed E-state index contributed by atoms with van der Waals surface area (Å²) in [7, 11) is 1.43. The van der Waals surface area contributed by atoms with Crippen LogP contribution in [0, 0.1) is 0 Å². The second kappa shape index (κ2) is 5.65. The Balaban J connectivity index is 2.43. The van der Waals surface area contributed by atoms with Crippen LogP contribution in [0.5, 0.6) is 11.5 Å². The van der Waals surface area contributed by atoms with E-state index in [1.54, 1.807) is 0 Å². The third-order valence-corrected chi connectivity index (χ3v) is 3.01. The van der Waals surface area contributed by atoms with Crippen LogP contribution in [-0.4, -0.2) is 23.7 Å². The SMILES string of the molecule is CCCCNc1ccc2c(OC)c(O)c(=O)[nH]c2c1. The Labute approximate surface area is 111 Å². The molecule has 19 heavy (non-hydrogen) atoms. The van der Waals surface area contributed by atoms with Crippen LogP contribution >= 0.6 is 0 Å². The summed E-state index contributed by atoms with van der Waals surface area (Å²) in [5.74, 6) is -0.180. The first-order valence-electron chi connectivity index (χ1n) is 6.34. The van der Waals surface area contributed by atoms with Gasteiger partial charge >= 0.3 is 0 Å². The van der Waals surface area contributed by atoms with E-state index in [9.17, 15) is 9.90 Å². The fourth-order valence-corrected chi connectivity index (χ4v) is 1.98. The largest absolute Gasteiger partial charge is 0.500 e. The van der Waals surface area contributed by atoms with Crippen molar-refractivity contribution in [3.8, 4) is 11.5 Å². The van der Waals surface area contributed by atoms with Gasteiger partial charge in [0.15, 0.2) is 5.75 Å². The average Bonchev–Trinajstić information content (AvgIpc) is 2.41. The number of hydrogen-bond acceptors (Lipinski definition) is 4. The van der Waals surface area contributed by atoms with Crippen molar-refractivity contribution in [2.75, 3.05) is 19.0 Å². The molecule has 0 spiro atoms. The highest BCUT2D eigenvalue weighted by atomic mass is 16.5. The summed E-state index contributed by atoms with van der Waals surface area (Å²) in [4.78, 5) is 14.2. The minimum atomic E-state index is -0.546. The molecule has 0 fully saturated rings. The Morgan fingerprint density at radius 3 is 2.89 bits per heavy atom. The number of rotatable bonds is 5. The van der Waals surface area contributed by atoms with Gasteiger partial charge in [-0.1, -0.05) is 13.3 Å². The minimum Gasteiger partial charge on any atom is -0.500 e. The first-order valence-corrected chi connectivity index (χ1v) is 6.34. The lowest BCUT2D eigenvalue weighted by atomic mass is 10.1. The predicted molar refractivity (Wildman–Crippen MR) is 76.2 cm³/mol. The van der Waals surface area contributed by atoms with Crippen molar-refractivity contribution >= 4 is 16.6 Å². The number of anilines is 1. The number of hydrogen-bond donors (Lipinski definition) is 3. The highest BCUT2D eigenvalue weighted by molar-refractivity contribution is 5.89. The summed E-state index contributed by atoms with van der Waals surface area (Å²) < 4.78 is 5.09. The molecule has 0 radical (unpaired) electrons. The van der Waals surface area contributed by atoms with Crippen molar-refractivity contribution in [1.82, 2.24) is 4.98 Å². The topological polar surface area (TPSA) is 74.3 Å². The first-order chi connectivity index (χ1) is 9.17. The van der Waals surface area contributed by atoms with Gasteiger partial charge in [0.2, 0.25) is 5.75 Å². The number of methoxy groups -OCH3 is 1. The van der Waals surface area contributed by atoms with Gasteiger partial charge in [0, 0.05) is 17.6 Å². The quantitative estimate of drug-likeness (QED) is 0.724. The van der Waals surface area contributed by atoms with Crippen LogP contribution in [0.25, 0.3) is 10.9 Å². The third kappa shape index (κ3) is 2.65. The van der Waals surface area contributed by atoms with Crippen molar-refractivity contribution < 1.29 is 9.84 Å². The second-order valence-corrected chi connectivity index (χ2v) is 4.38. The Bertz CT molecular complexity index is 634. The summed E-state index contributed by atoms with van der Waals surface area (Å²) >= 11 is 0. The molecule has 3 N–H and O–H groups in total. The van der Waals surface area contributed by atoms with E-state index in [0.717, 1.165) is 25.1 Å². The van der Waals surface area contributed by atoms with Crippen molar-refractivity contribution in [2.24, 2.45) is 0 Å². The number of aromatic hydroxyl groups is 1. The van der Waals surface area contributed by atoms with Gasteiger partial charge in [0.1, 0.15) is 0 Å². The highest BCUT2D eigenvalue weighted by Gasteiger charge is 2.12. The van der Waals surface area contributed by atoms with Crippen LogP contribution in [0.2, 0.25) is 0 Å². The fourth-order valence-electron chi connectivity index (χ4n) is 1.98. The average molecular weight is 262 g/mol. The number of unbranched alkanes of at least 4 members (excludes halogenated alkanes) is 1. The molecule has 1 aromatic carbocycles. The Hall–Kier alpha value is -2.17.